The van der Waals surface area contributed by atoms with E-state index in [2.05, 4.69) is 4.99 Å². The zero-order chi connectivity index (χ0) is 18.9. The van der Waals surface area contributed by atoms with E-state index in [0.29, 0.717) is 0 Å². The van der Waals surface area contributed by atoms with Gasteiger partial charge < -0.3 is 10.2 Å². The molecular weight excluding hydrogens is 335 g/mol. The molecule has 0 saturated carbocycles. The van der Waals surface area contributed by atoms with Crippen LogP contribution >= 0.6 is 0 Å². The molecule has 2 rings (SSSR count). The van der Waals surface area contributed by atoms with Crippen molar-refractivity contribution >= 4 is 23.3 Å². The Morgan fingerprint density at radius 2 is 2.04 bits per heavy atom. The second-order valence-corrected chi connectivity index (χ2v) is 5.79. The van der Waals surface area contributed by atoms with Crippen LogP contribution in [0.3, 0.4) is 0 Å². The van der Waals surface area contributed by atoms with Gasteiger partial charge in [0.25, 0.3) is 5.69 Å². The van der Waals surface area contributed by atoms with Gasteiger partial charge in [-0.15, -0.1) is 0 Å². The van der Waals surface area contributed by atoms with Gasteiger partial charge in [0.15, 0.2) is 0 Å². The highest BCUT2D eigenvalue weighted by atomic mass is 19.1. The molecule has 2 atom stereocenters. The molecule has 8 nitrogen and oxygen atoms in total. The van der Waals surface area contributed by atoms with Crippen molar-refractivity contribution in [2.45, 2.75) is 19.8 Å². The fourth-order valence-electron chi connectivity index (χ4n) is 3.05. The first-order chi connectivity index (χ1) is 11.6. The second kappa shape index (κ2) is 6.42. The highest BCUT2D eigenvalue weighted by Crippen LogP contribution is 2.47. The molecule has 0 amide bonds. The summed E-state index contributed by atoms with van der Waals surface area (Å²) in [5, 5.41) is 30.3. The molecular formula is C16H15FN2O6. The Kier molecular flexibility index (Phi) is 4.69. The number of hydrogen-bond acceptors (Lipinski definition) is 5. The van der Waals surface area contributed by atoms with Gasteiger partial charge in [-0.25, -0.2) is 9.18 Å². The van der Waals surface area contributed by atoms with Gasteiger partial charge in [-0.2, -0.15) is 0 Å². The lowest BCUT2D eigenvalue weighted by Gasteiger charge is -2.38. The molecule has 0 aliphatic carbocycles. The Hall–Kier alpha value is -3.10. The predicted molar refractivity (Wildman–Crippen MR) is 85.3 cm³/mol. The van der Waals surface area contributed by atoms with Crippen LogP contribution in [0.4, 0.5) is 10.1 Å². The Bertz CT molecular complexity index is 832. The number of benzene rings is 1. The first-order valence-electron chi connectivity index (χ1n) is 7.20. The molecule has 1 aromatic carbocycles. The Labute approximate surface area is 141 Å². The van der Waals surface area contributed by atoms with Crippen LogP contribution in [0.5, 0.6) is 0 Å². The van der Waals surface area contributed by atoms with E-state index in [0.717, 1.165) is 6.07 Å². The van der Waals surface area contributed by atoms with Crippen LogP contribution in [-0.4, -0.2) is 39.5 Å². The maximum absolute atomic E-state index is 13.5. The van der Waals surface area contributed by atoms with Crippen molar-refractivity contribution < 1.29 is 29.1 Å². The third-order valence-corrected chi connectivity index (χ3v) is 4.37. The third kappa shape index (κ3) is 2.88. The van der Waals surface area contributed by atoms with E-state index in [4.69, 9.17) is 0 Å². The van der Waals surface area contributed by atoms with Gasteiger partial charge in [0.05, 0.1) is 16.2 Å². The minimum absolute atomic E-state index is 0.0321. The fraction of sp³-hybridized carbons (Fsp3) is 0.312. The highest BCUT2D eigenvalue weighted by Gasteiger charge is 2.52. The lowest BCUT2D eigenvalue weighted by molar-refractivity contribution is -0.384. The van der Waals surface area contributed by atoms with Crippen LogP contribution in [0.1, 0.15) is 25.3 Å². The summed E-state index contributed by atoms with van der Waals surface area (Å²) in [6, 6.07) is 5.01. The predicted octanol–water partition coefficient (Wildman–Crippen LogP) is 2.55. The number of hydrogen-bond donors (Lipinski definition) is 2. The number of halogens is 1. The summed E-state index contributed by atoms with van der Waals surface area (Å²) in [5.41, 5.74) is -2.91. The maximum Gasteiger partial charge on any atom is 0.334 e. The number of nitrogens with zero attached hydrogens (tertiary/aromatic N) is 2. The van der Waals surface area contributed by atoms with E-state index in [9.17, 15) is 34.3 Å². The van der Waals surface area contributed by atoms with Crippen molar-refractivity contribution in [1.82, 2.24) is 0 Å². The van der Waals surface area contributed by atoms with Crippen molar-refractivity contribution in [3.05, 3.63) is 51.2 Å². The van der Waals surface area contributed by atoms with E-state index >= 15 is 0 Å². The fourth-order valence-corrected chi connectivity index (χ4v) is 3.05. The van der Waals surface area contributed by atoms with Crippen LogP contribution in [0.15, 0.2) is 40.5 Å². The van der Waals surface area contributed by atoms with Crippen LogP contribution < -0.4 is 0 Å². The molecule has 9 heteroatoms. The van der Waals surface area contributed by atoms with Gasteiger partial charge in [-0.05, 0) is 19.4 Å². The number of alkyl halides is 1. The zero-order valence-electron chi connectivity index (χ0n) is 13.4. The second-order valence-electron chi connectivity index (χ2n) is 5.79. The number of carboxylic acids is 2. The lowest BCUT2D eigenvalue weighted by atomic mass is 9.65. The van der Waals surface area contributed by atoms with Crippen molar-refractivity contribution in [3.63, 3.8) is 0 Å². The number of aliphatic imine (C=N–C) groups is 1. The molecule has 132 valence electrons. The number of rotatable bonds is 5. The molecule has 1 aliphatic rings. The number of aliphatic carboxylic acids is 2. The monoisotopic (exact) mass is 350 g/mol. The first-order valence-corrected chi connectivity index (χ1v) is 7.20. The maximum atomic E-state index is 13.5. The van der Waals surface area contributed by atoms with E-state index in [1.54, 1.807) is 0 Å². The zero-order valence-corrected chi connectivity index (χ0v) is 13.4. The molecule has 0 radical (unpaired) electrons. The highest BCUT2D eigenvalue weighted by molar-refractivity contribution is 6.11. The number of carboxylic acid groups (broad SMARTS) is 2. The average Bonchev–Trinajstić information content (AvgIpc) is 2.55. The van der Waals surface area contributed by atoms with Crippen LogP contribution in [-0.2, 0) is 9.59 Å². The molecule has 1 aliphatic heterocycles. The molecule has 2 unspecified atom stereocenters. The van der Waals surface area contributed by atoms with Crippen LogP contribution in [0.2, 0.25) is 0 Å². The normalized spacial score (nSPS) is 23.2. The van der Waals surface area contributed by atoms with E-state index in [1.165, 1.54) is 32.0 Å². The summed E-state index contributed by atoms with van der Waals surface area (Å²) in [6.07, 6.45) is 0. The number of nitro benzene ring substituents is 1. The largest absolute Gasteiger partial charge is 0.481 e. The van der Waals surface area contributed by atoms with Crippen molar-refractivity contribution in [1.29, 1.82) is 0 Å². The van der Waals surface area contributed by atoms with E-state index in [1.807, 2.05) is 0 Å². The van der Waals surface area contributed by atoms with Gasteiger partial charge in [0, 0.05) is 23.7 Å². The number of allylic oxidation sites excluding steroid dienone is 1. The smallest absolute Gasteiger partial charge is 0.334 e. The summed E-state index contributed by atoms with van der Waals surface area (Å²) >= 11 is 0. The van der Waals surface area contributed by atoms with Gasteiger partial charge in [0.2, 0.25) is 0 Å². The lowest BCUT2D eigenvalue weighted by Crippen LogP contribution is -2.47. The van der Waals surface area contributed by atoms with Crippen molar-refractivity contribution in [2.75, 3.05) is 6.67 Å². The Morgan fingerprint density at radius 3 is 2.52 bits per heavy atom. The van der Waals surface area contributed by atoms with Crippen molar-refractivity contribution in [3.8, 4) is 0 Å². The summed E-state index contributed by atoms with van der Waals surface area (Å²) in [7, 11) is 0. The molecule has 0 fully saturated rings. The summed E-state index contributed by atoms with van der Waals surface area (Å²) in [6.45, 7) is 1.33. The van der Waals surface area contributed by atoms with Gasteiger partial charge in [-0.1, -0.05) is 12.1 Å². The van der Waals surface area contributed by atoms with Gasteiger partial charge in [-0.3, -0.25) is 19.9 Å². The quantitative estimate of drug-likeness (QED) is 0.620. The topological polar surface area (TPSA) is 130 Å². The van der Waals surface area contributed by atoms with Crippen LogP contribution in [0, 0.1) is 15.5 Å². The summed E-state index contributed by atoms with van der Waals surface area (Å²) < 4.78 is 13.5. The number of carbonyl (C=O) groups is 2. The van der Waals surface area contributed by atoms with Crippen molar-refractivity contribution in [2.24, 2.45) is 10.4 Å². The Balaban J connectivity index is 2.82. The molecule has 0 bridgehead atoms. The Morgan fingerprint density at radius 1 is 1.40 bits per heavy atom. The molecule has 0 saturated heterocycles. The minimum Gasteiger partial charge on any atom is -0.481 e. The average molecular weight is 350 g/mol. The molecule has 0 aromatic heterocycles. The van der Waals surface area contributed by atoms with Gasteiger partial charge in [0.1, 0.15) is 12.1 Å². The van der Waals surface area contributed by atoms with E-state index in [-0.39, 0.29) is 28.2 Å². The molecule has 0 spiro atoms. The number of nitro groups is 1. The SMILES string of the molecule is CC1=C(C(=O)O)C(c2cccc([N+](=O)[O-])c2)C(C)(C(=O)O)C(CF)=N1. The standard InChI is InChI=1S/C16H15FN2O6/c1-8-12(14(20)21)13(9-4-3-5-10(6-9)19(24)25)16(2,15(22)23)11(7-17)18-8/h3-6,13H,7H2,1-2H3,(H,20,21)(H,22,23). The first kappa shape index (κ1) is 18.2. The number of non-ortho nitro benzene ring substituents is 1. The molecule has 25 heavy (non-hydrogen) atoms. The van der Waals surface area contributed by atoms with E-state index < -0.39 is 34.9 Å². The summed E-state index contributed by atoms with van der Waals surface area (Å²) in [5.74, 6) is -4.21. The molecule has 1 aromatic rings. The minimum atomic E-state index is -1.99. The summed E-state index contributed by atoms with van der Waals surface area (Å²) in [4.78, 5) is 37.8. The third-order valence-electron chi connectivity index (χ3n) is 4.37. The molecule has 1 heterocycles. The van der Waals surface area contributed by atoms with Gasteiger partial charge >= 0.3 is 11.9 Å². The van der Waals surface area contributed by atoms with Crippen LogP contribution in [0.25, 0.3) is 0 Å². The molecule has 2 N–H and O–H groups in total.